The second kappa shape index (κ2) is 6.41. The summed E-state index contributed by atoms with van der Waals surface area (Å²) in [5.74, 6) is 2.47. The maximum Gasteiger partial charge on any atom is 0.174 e. The predicted molar refractivity (Wildman–Crippen MR) is 105 cm³/mol. The molecule has 0 radical (unpaired) electrons. The van der Waals surface area contributed by atoms with Gasteiger partial charge in [0.25, 0.3) is 0 Å². The van der Waals surface area contributed by atoms with E-state index in [4.69, 9.17) is 9.47 Å². The Kier molecular flexibility index (Phi) is 4.24. The largest absolute Gasteiger partial charge is 0.493 e. The van der Waals surface area contributed by atoms with Gasteiger partial charge in [-0.2, -0.15) is 0 Å². The Bertz CT molecular complexity index is 846. The average molecular weight is 400 g/mol. The average Bonchev–Trinajstić information content (AvgIpc) is 3.10. The van der Waals surface area contributed by atoms with Gasteiger partial charge < -0.3 is 14.8 Å². The quantitative estimate of drug-likeness (QED) is 0.681. The number of aryl methyl sites for hydroxylation is 1. The number of methoxy groups -OCH3 is 2. The molecular weight excluding hydrogens is 378 g/mol. The fourth-order valence-electron chi connectivity index (χ4n) is 4.23. The van der Waals surface area contributed by atoms with E-state index in [-0.39, 0.29) is 6.04 Å². The van der Waals surface area contributed by atoms with Gasteiger partial charge in [0.2, 0.25) is 0 Å². The van der Waals surface area contributed by atoms with Gasteiger partial charge in [-0.25, -0.2) is 0 Å². The van der Waals surface area contributed by atoms with E-state index in [1.807, 2.05) is 0 Å². The summed E-state index contributed by atoms with van der Waals surface area (Å²) in [6, 6.07) is 11.1. The second-order valence-electron chi connectivity index (χ2n) is 6.75. The Hall–Kier alpha value is -1.94. The van der Waals surface area contributed by atoms with Crippen molar-refractivity contribution in [2.24, 2.45) is 5.92 Å². The highest BCUT2D eigenvalue weighted by Gasteiger charge is 2.38. The number of hydrogen-bond acceptors (Lipinski definition) is 3. The molecule has 0 saturated carbocycles. The normalized spacial score (nSPS) is 23.6. The molecule has 1 aliphatic carbocycles. The minimum absolute atomic E-state index is 0.240. The van der Waals surface area contributed by atoms with Gasteiger partial charge in [0.1, 0.15) is 0 Å². The van der Waals surface area contributed by atoms with Crippen LogP contribution in [0.3, 0.4) is 0 Å². The molecule has 1 heterocycles. The Labute approximate surface area is 157 Å². The molecule has 0 spiro atoms. The lowest BCUT2D eigenvalue weighted by Gasteiger charge is -2.38. The zero-order valence-corrected chi connectivity index (χ0v) is 16.3. The fourth-order valence-corrected chi connectivity index (χ4v) is 4.85. The maximum absolute atomic E-state index is 5.55. The van der Waals surface area contributed by atoms with Crippen LogP contribution in [0.1, 0.15) is 35.1 Å². The number of rotatable bonds is 3. The lowest BCUT2D eigenvalue weighted by atomic mass is 9.76. The van der Waals surface area contributed by atoms with Crippen LogP contribution in [0.25, 0.3) is 0 Å². The van der Waals surface area contributed by atoms with Crippen LogP contribution in [0.2, 0.25) is 0 Å². The van der Waals surface area contributed by atoms with E-state index in [0.29, 0.717) is 11.8 Å². The maximum atomic E-state index is 5.55. The summed E-state index contributed by atoms with van der Waals surface area (Å²) in [7, 11) is 3.35. The van der Waals surface area contributed by atoms with Gasteiger partial charge in [0, 0.05) is 11.6 Å². The van der Waals surface area contributed by atoms with Crippen molar-refractivity contribution in [3.05, 3.63) is 63.6 Å². The van der Waals surface area contributed by atoms with Crippen LogP contribution in [-0.4, -0.2) is 14.2 Å². The molecule has 4 heteroatoms. The van der Waals surface area contributed by atoms with Crippen LogP contribution in [0.4, 0.5) is 5.69 Å². The molecule has 0 amide bonds. The molecule has 0 fully saturated rings. The standard InChI is InChI=1S/C21H22BrNO2/c1-12-6-4-8-15-14-7-5-9-16(14)20(23-19(12)15)13-10-17(22)21(25-3)18(11-13)24-2/h4-8,10-11,14,16,20,23H,9H2,1-3H3/t14-,16-,20+/m1/s1. The van der Waals surface area contributed by atoms with Crippen LogP contribution in [0, 0.1) is 12.8 Å². The molecule has 0 unspecified atom stereocenters. The number of halogens is 1. The fraction of sp³-hybridized carbons (Fsp3) is 0.333. The van der Waals surface area contributed by atoms with Crippen molar-refractivity contribution in [2.75, 3.05) is 19.5 Å². The third-order valence-electron chi connectivity index (χ3n) is 5.42. The molecule has 25 heavy (non-hydrogen) atoms. The van der Waals surface area contributed by atoms with E-state index >= 15 is 0 Å². The minimum atomic E-state index is 0.240. The highest BCUT2D eigenvalue weighted by Crippen LogP contribution is 2.51. The highest BCUT2D eigenvalue weighted by atomic mass is 79.9. The molecule has 0 aromatic heterocycles. The number of benzene rings is 2. The first-order valence-corrected chi connectivity index (χ1v) is 9.37. The Morgan fingerprint density at radius 2 is 2.00 bits per heavy atom. The lowest BCUT2D eigenvalue weighted by molar-refractivity contribution is 0.351. The van der Waals surface area contributed by atoms with E-state index in [9.17, 15) is 0 Å². The van der Waals surface area contributed by atoms with Crippen LogP contribution >= 0.6 is 15.9 Å². The van der Waals surface area contributed by atoms with Crippen LogP contribution < -0.4 is 14.8 Å². The van der Waals surface area contributed by atoms with E-state index in [1.165, 1.54) is 22.4 Å². The summed E-state index contributed by atoms with van der Waals surface area (Å²) in [5, 5.41) is 3.81. The topological polar surface area (TPSA) is 30.5 Å². The molecule has 4 rings (SSSR count). The van der Waals surface area contributed by atoms with Crippen molar-refractivity contribution in [3.63, 3.8) is 0 Å². The summed E-state index contributed by atoms with van der Waals surface area (Å²) < 4.78 is 11.9. The van der Waals surface area contributed by atoms with Crippen molar-refractivity contribution >= 4 is 21.6 Å². The monoisotopic (exact) mass is 399 g/mol. The van der Waals surface area contributed by atoms with E-state index < -0.39 is 0 Å². The van der Waals surface area contributed by atoms with Crippen LogP contribution in [-0.2, 0) is 0 Å². The van der Waals surface area contributed by atoms with Crippen molar-refractivity contribution in [1.29, 1.82) is 0 Å². The third kappa shape index (κ3) is 2.63. The third-order valence-corrected chi connectivity index (χ3v) is 6.01. The highest BCUT2D eigenvalue weighted by molar-refractivity contribution is 9.10. The molecule has 2 aromatic carbocycles. The lowest BCUT2D eigenvalue weighted by Crippen LogP contribution is -2.29. The molecule has 3 atom stereocenters. The van der Waals surface area contributed by atoms with Crippen LogP contribution in [0.15, 0.2) is 47.0 Å². The van der Waals surface area contributed by atoms with E-state index in [0.717, 1.165) is 22.4 Å². The number of allylic oxidation sites excluding steroid dienone is 2. The molecule has 1 aliphatic heterocycles. The molecular formula is C21H22BrNO2. The van der Waals surface area contributed by atoms with E-state index in [1.54, 1.807) is 14.2 Å². The van der Waals surface area contributed by atoms with E-state index in [2.05, 4.69) is 70.7 Å². The molecule has 3 nitrogen and oxygen atoms in total. The number of ether oxygens (including phenoxy) is 2. The summed E-state index contributed by atoms with van der Waals surface area (Å²) in [6.45, 7) is 2.17. The first-order valence-electron chi connectivity index (χ1n) is 8.58. The van der Waals surface area contributed by atoms with Gasteiger partial charge in [-0.15, -0.1) is 0 Å². The molecule has 2 aromatic rings. The van der Waals surface area contributed by atoms with Crippen LogP contribution in [0.5, 0.6) is 11.5 Å². The Morgan fingerprint density at radius 1 is 1.16 bits per heavy atom. The first-order chi connectivity index (χ1) is 12.1. The molecule has 0 saturated heterocycles. The number of fused-ring (bicyclic) bond motifs is 3. The Morgan fingerprint density at radius 3 is 2.76 bits per heavy atom. The Balaban J connectivity index is 1.82. The van der Waals surface area contributed by atoms with Crippen molar-refractivity contribution in [1.82, 2.24) is 0 Å². The van der Waals surface area contributed by atoms with Gasteiger partial charge in [0.15, 0.2) is 11.5 Å². The van der Waals surface area contributed by atoms with Gasteiger partial charge in [-0.3, -0.25) is 0 Å². The molecule has 2 aliphatic rings. The van der Waals surface area contributed by atoms with Gasteiger partial charge in [-0.05, 0) is 64.0 Å². The van der Waals surface area contributed by atoms with Crippen molar-refractivity contribution < 1.29 is 9.47 Å². The molecule has 0 bridgehead atoms. The molecule has 1 N–H and O–H groups in total. The zero-order valence-electron chi connectivity index (χ0n) is 14.7. The number of hydrogen-bond donors (Lipinski definition) is 1. The second-order valence-corrected chi connectivity index (χ2v) is 7.61. The minimum Gasteiger partial charge on any atom is -0.493 e. The molecule has 130 valence electrons. The van der Waals surface area contributed by atoms with Gasteiger partial charge in [0.05, 0.1) is 24.7 Å². The summed E-state index contributed by atoms with van der Waals surface area (Å²) >= 11 is 3.64. The summed E-state index contributed by atoms with van der Waals surface area (Å²) in [4.78, 5) is 0. The smallest absolute Gasteiger partial charge is 0.174 e. The number of nitrogens with one attached hydrogen (secondary N) is 1. The summed E-state index contributed by atoms with van der Waals surface area (Å²) in [5.41, 5.74) is 5.19. The van der Waals surface area contributed by atoms with Gasteiger partial charge >= 0.3 is 0 Å². The number of para-hydroxylation sites is 1. The zero-order chi connectivity index (χ0) is 17.6. The predicted octanol–water partition coefficient (Wildman–Crippen LogP) is 5.60. The SMILES string of the molecule is COc1cc([C@@H]2Nc3c(C)cccc3[C@H]3C=CC[C@H]32)cc(Br)c1OC. The summed E-state index contributed by atoms with van der Waals surface area (Å²) in [6.07, 6.45) is 5.77. The van der Waals surface area contributed by atoms with Gasteiger partial charge in [-0.1, -0.05) is 30.4 Å². The van der Waals surface area contributed by atoms with Crippen molar-refractivity contribution in [3.8, 4) is 11.5 Å². The first kappa shape index (κ1) is 16.5. The number of anilines is 1. The van der Waals surface area contributed by atoms with Crippen molar-refractivity contribution in [2.45, 2.75) is 25.3 Å².